The van der Waals surface area contributed by atoms with Crippen LogP contribution in [0.4, 0.5) is 11.4 Å². The van der Waals surface area contributed by atoms with E-state index in [-0.39, 0.29) is 6.04 Å². The van der Waals surface area contributed by atoms with Crippen molar-refractivity contribution in [3.63, 3.8) is 0 Å². The monoisotopic (exact) mass is 504 g/mol. The minimum Gasteiger partial charge on any atom is -0.397 e. The third-order valence-electron chi connectivity index (χ3n) is 7.53. The van der Waals surface area contributed by atoms with Crippen molar-refractivity contribution in [2.45, 2.75) is 12.5 Å². The van der Waals surface area contributed by atoms with Crippen molar-refractivity contribution < 1.29 is 0 Å². The summed E-state index contributed by atoms with van der Waals surface area (Å²) in [6.45, 7) is 0. The number of hydrogen-bond acceptors (Lipinski definition) is 3. The van der Waals surface area contributed by atoms with Crippen molar-refractivity contribution in [1.82, 2.24) is 9.97 Å². The molecule has 4 N–H and O–H groups in total. The van der Waals surface area contributed by atoms with Crippen LogP contribution in [0, 0.1) is 0 Å². The maximum atomic E-state index is 6.38. The van der Waals surface area contributed by atoms with Gasteiger partial charge in [-0.3, -0.25) is 4.98 Å². The van der Waals surface area contributed by atoms with Gasteiger partial charge in [-0.1, -0.05) is 97.1 Å². The summed E-state index contributed by atoms with van der Waals surface area (Å²) in [5.74, 6) is 0. The van der Waals surface area contributed by atoms with Crippen molar-refractivity contribution in [1.29, 1.82) is 0 Å². The molecule has 0 bridgehead atoms. The standard InChI is InChI=1S/C35H28N4/c36-32-24(12-13-27-18-20-38-33(27)32)7-1-5-23-6-2-8-28(21-23)29-9-3-10-30(22-29)31-17-16-26-15-14-25-11-4-19-37-34(25)35(26)39-31/h1-4,6-22,31,38-39H,5,36H2/b7-1-. The first-order valence-corrected chi connectivity index (χ1v) is 13.3. The molecule has 0 aliphatic carbocycles. The van der Waals surface area contributed by atoms with Crippen LogP contribution in [-0.4, -0.2) is 9.97 Å². The van der Waals surface area contributed by atoms with Gasteiger partial charge in [0.25, 0.3) is 0 Å². The molecule has 4 aromatic carbocycles. The first-order chi connectivity index (χ1) is 19.2. The predicted molar refractivity (Wildman–Crippen MR) is 164 cm³/mol. The molecular weight excluding hydrogens is 476 g/mol. The number of aromatic amines is 1. The van der Waals surface area contributed by atoms with Gasteiger partial charge in [0.1, 0.15) is 0 Å². The first-order valence-electron chi connectivity index (χ1n) is 13.3. The SMILES string of the molecule is Nc1c(/C=C\Cc2cccc(-c3cccc(C4C=Cc5ccc6cccnc6c5N4)c3)c2)ccc2cc[nH]c12. The van der Waals surface area contributed by atoms with Gasteiger partial charge in [0.2, 0.25) is 0 Å². The Morgan fingerprint density at radius 1 is 0.846 bits per heavy atom. The minimum atomic E-state index is 0.0821. The molecule has 39 heavy (non-hydrogen) atoms. The molecule has 0 radical (unpaired) electrons. The molecule has 1 atom stereocenters. The smallest absolute Gasteiger partial charge is 0.0939 e. The Labute approximate surface area is 227 Å². The summed E-state index contributed by atoms with van der Waals surface area (Å²) in [6.07, 6.45) is 13.3. The Hall–Kier alpha value is -5.09. The second kappa shape index (κ2) is 9.66. The normalized spacial score (nSPS) is 14.6. The number of allylic oxidation sites excluding steroid dienone is 1. The van der Waals surface area contributed by atoms with E-state index in [4.69, 9.17) is 5.73 Å². The van der Waals surface area contributed by atoms with E-state index in [0.29, 0.717) is 0 Å². The highest BCUT2D eigenvalue weighted by Crippen LogP contribution is 2.36. The van der Waals surface area contributed by atoms with E-state index in [0.717, 1.165) is 45.2 Å². The Morgan fingerprint density at radius 2 is 1.72 bits per heavy atom. The van der Waals surface area contributed by atoms with Crippen molar-refractivity contribution in [3.05, 3.63) is 138 Å². The molecule has 2 aromatic heterocycles. The zero-order valence-electron chi connectivity index (χ0n) is 21.4. The number of nitrogens with two attached hydrogens (primary N) is 1. The molecule has 0 saturated heterocycles. The van der Waals surface area contributed by atoms with Crippen LogP contribution >= 0.6 is 0 Å². The molecule has 1 unspecified atom stereocenters. The Kier molecular flexibility index (Phi) is 5.71. The van der Waals surface area contributed by atoms with Gasteiger partial charge < -0.3 is 16.0 Å². The number of pyridine rings is 1. The lowest BCUT2D eigenvalue weighted by Gasteiger charge is -2.24. The Morgan fingerprint density at radius 3 is 2.67 bits per heavy atom. The number of nitrogen functional groups attached to an aromatic ring is 1. The van der Waals surface area contributed by atoms with E-state index in [1.165, 1.54) is 27.8 Å². The molecular formula is C35H28N4. The summed E-state index contributed by atoms with van der Waals surface area (Å²) in [5.41, 5.74) is 17.4. The number of H-pyrrole nitrogens is 1. The van der Waals surface area contributed by atoms with Gasteiger partial charge in [-0.25, -0.2) is 0 Å². The van der Waals surface area contributed by atoms with Crippen LogP contribution in [0.5, 0.6) is 0 Å². The van der Waals surface area contributed by atoms with E-state index in [1.54, 1.807) is 0 Å². The van der Waals surface area contributed by atoms with Crippen molar-refractivity contribution in [2.24, 2.45) is 0 Å². The van der Waals surface area contributed by atoms with Gasteiger partial charge in [-0.15, -0.1) is 0 Å². The van der Waals surface area contributed by atoms with Gasteiger partial charge in [0.05, 0.1) is 28.5 Å². The summed E-state index contributed by atoms with van der Waals surface area (Å²) in [7, 11) is 0. The summed E-state index contributed by atoms with van der Waals surface area (Å²) in [5, 5.41) is 6.01. The average Bonchev–Trinajstić information content (AvgIpc) is 3.48. The van der Waals surface area contributed by atoms with Crippen molar-refractivity contribution >= 4 is 45.3 Å². The highest BCUT2D eigenvalue weighted by atomic mass is 14.9. The van der Waals surface area contributed by atoms with Crippen molar-refractivity contribution in [2.75, 3.05) is 11.1 Å². The number of fused-ring (bicyclic) bond motifs is 4. The molecule has 0 spiro atoms. The molecule has 1 aliphatic heterocycles. The first kappa shape index (κ1) is 23.1. The second-order valence-electron chi connectivity index (χ2n) is 10.0. The maximum Gasteiger partial charge on any atom is 0.0939 e. The highest BCUT2D eigenvalue weighted by Gasteiger charge is 2.18. The van der Waals surface area contributed by atoms with Crippen molar-refractivity contribution in [3.8, 4) is 11.1 Å². The number of hydrogen-bond donors (Lipinski definition) is 3. The Balaban J connectivity index is 1.12. The molecule has 0 fully saturated rings. The van der Waals surface area contributed by atoms with Crippen LogP contribution in [0.3, 0.4) is 0 Å². The number of benzene rings is 4. The maximum absolute atomic E-state index is 6.38. The van der Waals surface area contributed by atoms with Crippen LogP contribution in [0.2, 0.25) is 0 Å². The minimum absolute atomic E-state index is 0.0821. The lowest BCUT2D eigenvalue weighted by atomic mass is 9.95. The van der Waals surface area contributed by atoms with Crippen LogP contribution in [-0.2, 0) is 6.42 Å². The zero-order chi connectivity index (χ0) is 26.2. The van der Waals surface area contributed by atoms with Gasteiger partial charge in [0, 0.05) is 23.2 Å². The van der Waals surface area contributed by atoms with E-state index >= 15 is 0 Å². The molecule has 0 saturated carbocycles. The molecule has 3 heterocycles. The summed E-state index contributed by atoms with van der Waals surface area (Å²) < 4.78 is 0. The second-order valence-corrected chi connectivity index (χ2v) is 10.0. The number of nitrogens with zero attached hydrogens (tertiary/aromatic N) is 1. The van der Waals surface area contributed by atoms with Gasteiger partial charge in [0.15, 0.2) is 0 Å². The van der Waals surface area contributed by atoms with E-state index in [9.17, 15) is 0 Å². The van der Waals surface area contributed by atoms with Gasteiger partial charge in [-0.2, -0.15) is 0 Å². The number of aromatic nitrogens is 2. The van der Waals surface area contributed by atoms with E-state index in [2.05, 4.69) is 118 Å². The van der Waals surface area contributed by atoms with Crippen LogP contribution in [0.15, 0.2) is 116 Å². The molecule has 188 valence electrons. The van der Waals surface area contributed by atoms with Crippen LogP contribution < -0.4 is 11.1 Å². The number of rotatable bonds is 5. The topological polar surface area (TPSA) is 66.7 Å². The van der Waals surface area contributed by atoms with E-state index < -0.39 is 0 Å². The molecule has 1 aliphatic rings. The fraction of sp³-hybridized carbons (Fsp3) is 0.0571. The van der Waals surface area contributed by atoms with Gasteiger partial charge in [-0.05, 0) is 58.0 Å². The Bertz CT molecular complexity index is 1890. The quantitative estimate of drug-likeness (QED) is 0.207. The summed E-state index contributed by atoms with van der Waals surface area (Å²) in [6, 6.07) is 32.2. The third-order valence-corrected chi connectivity index (χ3v) is 7.53. The largest absolute Gasteiger partial charge is 0.397 e. The summed E-state index contributed by atoms with van der Waals surface area (Å²) in [4.78, 5) is 7.88. The fourth-order valence-corrected chi connectivity index (χ4v) is 5.47. The fourth-order valence-electron chi connectivity index (χ4n) is 5.47. The molecule has 4 heteroatoms. The summed E-state index contributed by atoms with van der Waals surface area (Å²) >= 11 is 0. The lowest BCUT2D eigenvalue weighted by Crippen LogP contribution is -2.13. The lowest BCUT2D eigenvalue weighted by molar-refractivity contribution is 0.981. The predicted octanol–water partition coefficient (Wildman–Crippen LogP) is 8.40. The van der Waals surface area contributed by atoms with E-state index in [1.807, 2.05) is 24.5 Å². The molecule has 7 rings (SSSR count). The number of nitrogens with one attached hydrogen (secondary N) is 2. The molecule has 6 aromatic rings. The average molecular weight is 505 g/mol. The highest BCUT2D eigenvalue weighted by molar-refractivity contribution is 5.96. The molecule has 0 amide bonds. The van der Waals surface area contributed by atoms with Crippen LogP contribution in [0.25, 0.3) is 45.1 Å². The van der Waals surface area contributed by atoms with Crippen LogP contribution in [0.1, 0.15) is 28.3 Å². The third kappa shape index (κ3) is 4.36. The zero-order valence-corrected chi connectivity index (χ0v) is 21.4. The number of anilines is 2. The van der Waals surface area contributed by atoms with Gasteiger partial charge >= 0.3 is 0 Å². The molecule has 4 nitrogen and oxygen atoms in total.